The van der Waals surface area contributed by atoms with E-state index in [0.717, 1.165) is 42.8 Å². The van der Waals surface area contributed by atoms with Crippen LogP contribution in [0.25, 0.3) is 0 Å². The normalized spacial score (nSPS) is 13.2. The molecule has 0 saturated heterocycles. The van der Waals surface area contributed by atoms with Crippen molar-refractivity contribution in [1.82, 2.24) is 30.5 Å². The van der Waals surface area contributed by atoms with Crippen molar-refractivity contribution in [2.75, 3.05) is 5.32 Å². The van der Waals surface area contributed by atoms with Crippen molar-refractivity contribution < 1.29 is 18.4 Å². The Kier molecular flexibility index (Phi) is 10.1. The maximum Gasteiger partial charge on any atom is 0.226 e. The van der Waals surface area contributed by atoms with Crippen LogP contribution in [0.1, 0.15) is 58.6 Å². The van der Waals surface area contributed by atoms with Crippen molar-refractivity contribution in [3.05, 3.63) is 11.9 Å². The Morgan fingerprint density at radius 1 is 1.23 bits per heavy atom. The van der Waals surface area contributed by atoms with Crippen LogP contribution in [0.15, 0.2) is 10.5 Å². The van der Waals surface area contributed by atoms with Crippen molar-refractivity contribution in [3.8, 4) is 0 Å². The fourth-order valence-corrected chi connectivity index (χ4v) is 4.08. The van der Waals surface area contributed by atoms with Crippen LogP contribution >= 0.6 is 11.3 Å². The standard InChI is InChI=1S/C18H29N7O4S2/c1-12(2)15(19-13(3)26)8-4-5-10-25-11-14(21-24-25)7-6-9-16(27)20-17-22-23-18(30-17)31(28)29/h11-12,15H,4-10H2,1-3H3,(H,19,26)(H,28,29)(H,20,22,27)/p-1. The highest BCUT2D eigenvalue weighted by atomic mass is 32.2. The van der Waals surface area contributed by atoms with Crippen molar-refractivity contribution in [1.29, 1.82) is 0 Å². The van der Waals surface area contributed by atoms with Gasteiger partial charge in [-0.2, -0.15) is 0 Å². The summed E-state index contributed by atoms with van der Waals surface area (Å²) in [6.45, 7) is 6.49. The van der Waals surface area contributed by atoms with Crippen LogP contribution in [0, 0.1) is 5.92 Å². The first-order chi connectivity index (χ1) is 14.7. The van der Waals surface area contributed by atoms with E-state index in [2.05, 4.69) is 45.0 Å². The second-order valence-corrected chi connectivity index (χ2v) is 9.62. The molecule has 0 aliphatic carbocycles. The van der Waals surface area contributed by atoms with Crippen LogP contribution in [-0.4, -0.2) is 51.8 Å². The lowest BCUT2D eigenvalue weighted by Gasteiger charge is -2.21. The summed E-state index contributed by atoms with van der Waals surface area (Å²) in [5.41, 5.74) is 0.811. The number of unbranched alkanes of at least 4 members (excludes halogenated alkanes) is 1. The summed E-state index contributed by atoms with van der Waals surface area (Å²) >= 11 is -1.65. The second kappa shape index (κ2) is 12.6. The molecule has 0 bridgehead atoms. The van der Waals surface area contributed by atoms with Crippen molar-refractivity contribution in [2.24, 2.45) is 5.92 Å². The molecule has 2 N–H and O–H groups in total. The van der Waals surface area contributed by atoms with Crippen LogP contribution in [0.2, 0.25) is 0 Å². The van der Waals surface area contributed by atoms with E-state index >= 15 is 0 Å². The summed E-state index contributed by atoms with van der Waals surface area (Å²) in [7, 11) is 0. The lowest BCUT2D eigenvalue weighted by Crippen LogP contribution is -2.37. The molecule has 0 radical (unpaired) electrons. The Hall–Kier alpha value is -2.25. The molecule has 13 heteroatoms. The van der Waals surface area contributed by atoms with E-state index in [9.17, 15) is 18.4 Å². The van der Waals surface area contributed by atoms with E-state index in [1.165, 1.54) is 0 Å². The van der Waals surface area contributed by atoms with Crippen molar-refractivity contribution >= 4 is 39.4 Å². The highest BCUT2D eigenvalue weighted by molar-refractivity contribution is 7.81. The highest BCUT2D eigenvalue weighted by Crippen LogP contribution is 2.18. The molecule has 0 aromatic carbocycles. The SMILES string of the molecule is CC(=O)NC(CCCCn1cc(CCCC(=O)Nc2nnc(S(=O)[O-])s2)nn1)C(C)C. The zero-order valence-electron chi connectivity index (χ0n) is 17.9. The van der Waals surface area contributed by atoms with Crippen LogP contribution in [0.4, 0.5) is 5.13 Å². The van der Waals surface area contributed by atoms with Gasteiger partial charge < -0.3 is 15.2 Å². The first-order valence-electron chi connectivity index (χ1n) is 10.1. The van der Waals surface area contributed by atoms with E-state index in [-0.39, 0.29) is 33.7 Å². The molecule has 0 fully saturated rings. The number of aryl methyl sites for hydroxylation is 2. The first kappa shape index (κ1) is 25.0. The molecule has 2 atom stereocenters. The molecule has 11 nitrogen and oxygen atoms in total. The molecule has 0 aliphatic heterocycles. The molecule has 2 heterocycles. The molecule has 2 rings (SSSR count). The molecular formula is C18H28N7O4S2-. The third-order valence-electron chi connectivity index (χ3n) is 4.56. The van der Waals surface area contributed by atoms with E-state index < -0.39 is 11.1 Å². The van der Waals surface area contributed by atoms with E-state index in [0.29, 0.717) is 18.8 Å². The summed E-state index contributed by atoms with van der Waals surface area (Å²) in [5, 5.41) is 21.0. The van der Waals surface area contributed by atoms with Crippen LogP contribution in [0.5, 0.6) is 0 Å². The number of aromatic nitrogens is 5. The van der Waals surface area contributed by atoms with Crippen molar-refractivity contribution in [3.63, 3.8) is 0 Å². The number of rotatable bonds is 13. The average Bonchev–Trinajstić information content (AvgIpc) is 3.33. The van der Waals surface area contributed by atoms with Gasteiger partial charge in [-0.25, -0.2) is 0 Å². The summed E-state index contributed by atoms with van der Waals surface area (Å²) in [6.07, 6.45) is 6.16. The Morgan fingerprint density at radius 3 is 2.65 bits per heavy atom. The van der Waals surface area contributed by atoms with E-state index in [1.807, 2.05) is 6.20 Å². The van der Waals surface area contributed by atoms with Crippen LogP contribution in [-0.2, 0) is 33.6 Å². The fraction of sp³-hybridized carbons (Fsp3) is 0.667. The van der Waals surface area contributed by atoms with Gasteiger partial charge in [0.15, 0.2) is 4.34 Å². The van der Waals surface area contributed by atoms with E-state index in [1.54, 1.807) is 11.6 Å². The Balaban J connectivity index is 1.65. The summed E-state index contributed by atoms with van der Waals surface area (Å²) in [4.78, 5) is 23.2. The lowest BCUT2D eigenvalue weighted by atomic mass is 9.98. The maximum atomic E-state index is 11.9. The minimum absolute atomic E-state index is 0.000239. The smallest absolute Gasteiger partial charge is 0.226 e. The number of anilines is 1. The molecule has 172 valence electrons. The van der Waals surface area contributed by atoms with Gasteiger partial charge in [0.1, 0.15) is 0 Å². The lowest BCUT2D eigenvalue weighted by molar-refractivity contribution is -0.120. The fourth-order valence-electron chi connectivity index (χ4n) is 2.97. The molecule has 2 aromatic heterocycles. The largest absolute Gasteiger partial charge is 0.767 e. The number of amides is 2. The van der Waals surface area contributed by atoms with Crippen molar-refractivity contribution in [2.45, 2.75) is 76.2 Å². The molecule has 0 aliphatic rings. The van der Waals surface area contributed by atoms with Gasteiger partial charge in [-0.15, -0.1) is 15.3 Å². The zero-order valence-corrected chi connectivity index (χ0v) is 19.5. The topological polar surface area (TPSA) is 155 Å². The predicted molar refractivity (Wildman–Crippen MR) is 115 cm³/mol. The average molecular weight is 471 g/mol. The summed E-state index contributed by atoms with van der Waals surface area (Å²) in [6, 6.07) is 0.184. The molecule has 2 unspecified atom stereocenters. The minimum atomic E-state index is -2.45. The zero-order chi connectivity index (χ0) is 22.8. The number of carbonyl (C=O) groups is 2. The first-order valence-corrected chi connectivity index (χ1v) is 12.0. The van der Waals surface area contributed by atoms with Gasteiger partial charge in [0, 0.05) is 43.2 Å². The summed E-state index contributed by atoms with van der Waals surface area (Å²) < 4.78 is 23.2. The van der Waals surface area contributed by atoms with Gasteiger partial charge in [-0.3, -0.25) is 18.5 Å². The Bertz CT molecular complexity index is 884. The monoisotopic (exact) mass is 470 g/mol. The molecule has 2 amide bonds. The number of hydrogen-bond donors (Lipinski definition) is 2. The van der Waals surface area contributed by atoms with Gasteiger partial charge in [0.2, 0.25) is 16.9 Å². The quantitative estimate of drug-likeness (QED) is 0.254. The summed E-state index contributed by atoms with van der Waals surface area (Å²) in [5.74, 6) is 0.134. The molecule has 2 aromatic rings. The minimum Gasteiger partial charge on any atom is -0.767 e. The predicted octanol–water partition coefficient (Wildman–Crippen LogP) is 1.66. The number of nitrogens with zero attached hydrogens (tertiary/aromatic N) is 5. The van der Waals surface area contributed by atoms with Gasteiger partial charge >= 0.3 is 0 Å². The number of hydrogen-bond acceptors (Lipinski definition) is 9. The number of nitrogens with one attached hydrogen (secondary N) is 2. The van der Waals surface area contributed by atoms with Gasteiger partial charge in [-0.05, 0) is 38.0 Å². The van der Waals surface area contributed by atoms with Gasteiger partial charge in [0.25, 0.3) is 0 Å². The third kappa shape index (κ3) is 9.19. The van der Waals surface area contributed by atoms with Gasteiger partial charge in [0.05, 0.1) is 5.69 Å². The van der Waals surface area contributed by atoms with E-state index in [4.69, 9.17) is 0 Å². The molecular weight excluding hydrogens is 442 g/mol. The molecule has 0 saturated carbocycles. The Labute approximate surface area is 187 Å². The molecule has 0 spiro atoms. The van der Waals surface area contributed by atoms with Crippen LogP contribution < -0.4 is 10.6 Å². The molecule has 31 heavy (non-hydrogen) atoms. The van der Waals surface area contributed by atoms with Crippen LogP contribution in [0.3, 0.4) is 0 Å². The maximum absolute atomic E-state index is 11.9. The highest BCUT2D eigenvalue weighted by Gasteiger charge is 2.14. The Morgan fingerprint density at radius 2 is 2.00 bits per heavy atom. The third-order valence-corrected chi connectivity index (χ3v) is 6.22. The number of carbonyl (C=O) groups excluding carboxylic acids is 2. The van der Waals surface area contributed by atoms with Gasteiger partial charge in [-0.1, -0.05) is 30.4 Å². The second-order valence-electron chi connectivity index (χ2n) is 7.53.